The number of hydrogen-bond acceptors (Lipinski definition) is 3. The highest BCUT2D eigenvalue weighted by Crippen LogP contribution is 2.30. The molecule has 0 saturated heterocycles. The Morgan fingerprint density at radius 3 is 2.52 bits per heavy atom. The Hall–Kier alpha value is -1.32. The molecule has 1 aromatic heterocycles. The van der Waals surface area contributed by atoms with Gasteiger partial charge in [0.1, 0.15) is 5.82 Å². The second kappa shape index (κ2) is 7.10. The van der Waals surface area contributed by atoms with Gasteiger partial charge in [-0.25, -0.2) is 9.97 Å². The smallest absolute Gasteiger partial charge is 0.163 e. The molecular weight excluding hydrogens is 305 g/mol. The molecule has 0 aliphatic carbocycles. The van der Waals surface area contributed by atoms with E-state index < -0.39 is 0 Å². The van der Waals surface area contributed by atoms with Crippen LogP contribution >= 0.6 is 23.2 Å². The quantitative estimate of drug-likeness (QED) is 0.800. The normalized spacial score (nSPS) is 11.0. The highest BCUT2D eigenvalue weighted by atomic mass is 35.5. The van der Waals surface area contributed by atoms with Crippen molar-refractivity contribution in [3.05, 3.63) is 40.0 Å². The van der Waals surface area contributed by atoms with E-state index in [1.807, 2.05) is 12.1 Å². The van der Waals surface area contributed by atoms with Gasteiger partial charge in [-0.2, -0.15) is 0 Å². The first kappa shape index (κ1) is 16.1. The van der Waals surface area contributed by atoms with E-state index in [4.69, 9.17) is 23.2 Å². The van der Waals surface area contributed by atoms with Gasteiger partial charge < -0.3 is 5.32 Å². The summed E-state index contributed by atoms with van der Waals surface area (Å²) in [4.78, 5) is 9.19. The Balaban J connectivity index is 2.48. The van der Waals surface area contributed by atoms with Crippen molar-refractivity contribution in [1.29, 1.82) is 0 Å². The predicted octanol–water partition coefficient (Wildman–Crippen LogP) is 5.40. The highest BCUT2D eigenvalue weighted by Gasteiger charge is 2.12. The van der Waals surface area contributed by atoms with Gasteiger partial charge in [0.25, 0.3) is 0 Å². The molecule has 0 bridgehead atoms. The zero-order valence-electron chi connectivity index (χ0n) is 12.5. The summed E-state index contributed by atoms with van der Waals surface area (Å²) in [7, 11) is 0. The molecule has 3 nitrogen and oxygen atoms in total. The number of nitrogens with one attached hydrogen (secondary N) is 1. The topological polar surface area (TPSA) is 37.8 Å². The molecule has 0 saturated carbocycles. The molecule has 0 spiro atoms. The van der Waals surface area contributed by atoms with Crippen molar-refractivity contribution in [2.45, 2.75) is 33.1 Å². The first-order valence-electron chi connectivity index (χ1n) is 7.09. The maximum atomic E-state index is 6.27. The Labute approximate surface area is 135 Å². The summed E-state index contributed by atoms with van der Waals surface area (Å²) >= 11 is 12.2. The van der Waals surface area contributed by atoms with E-state index in [1.54, 1.807) is 12.1 Å². The lowest BCUT2D eigenvalue weighted by molar-refractivity contribution is 0.816. The second-order valence-corrected chi connectivity index (χ2v) is 6.05. The number of aromatic nitrogens is 2. The van der Waals surface area contributed by atoms with Crippen molar-refractivity contribution in [3.63, 3.8) is 0 Å². The van der Waals surface area contributed by atoms with Crippen molar-refractivity contribution < 1.29 is 0 Å². The summed E-state index contributed by atoms with van der Waals surface area (Å²) in [6, 6.07) is 7.36. The molecule has 2 rings (SSSR count). The zero-order valence-corrected chi connectivity index (χ0v) is 14.0. The fourth-order valence-corrected chi connectivity index (χ4v) is 2.39. The van der Waals surface area contributed by atoms with Crippen LogP contribution in [0.5, 0.6) is 0 Å². The van der Waals surface area contributed by atoms with Crippen molar-refractivity contribution in [2.24, 2.45) is 0 Å². The van der Waals surface area contributed by atoms with Crippen LogP contribution in [0, 0.1) is 0 Å². The Morgan fingerprint density at radius 1 is 1.14 bits per heavy atom. The maximum Gasteiger partial charge on any atom is 0.163 e. The Morgan fingerprint density at radius 2 is 1.90 bits per heavy atom. The summed E-state index contributed by atoms with van der Waals surface area (Å²) in [5, 5.41) is 4.48. The fourth-order valence-electron chi connectivity index (χ4n) is 1.90. The highest BCUT2D eigenvalue weighted by molar-refractivity contribution is 6.36. The van der Waals surface area contributed by atoms with E-state index in [-0.39, 0.29) is 0 Å². The van der Waals surface area contributed by atoms with Crippen LogP contribution in [0.25, 0.3) is 11.4 Å². The van der Waals surface area contributed by atoms with E-state index >= 15 is 0 Å². The second-order valence-electron chi connectivity index (χ2n) is 5.21. The third-order valence-electron chi connectivity index (χ3n) is 3.07. The first-order chi connectivity index (χ1) is 10.0. The van der Waals surface area contributed by atoms with E-state index in [2.05, 4.69) is 36.1 Å². The van der Waals surface area contributed by atoms with Gasteiger partial charge in [-0.15, -0.1) is 0 Å². The van der Waals surface area contributed by atoms with Crippen molar-refractivity contribution >= 4 is 29.0 Å². The number of hydrogen-bond donors (Lipinski definition) is 1. The van der Waals surface area contributed by atoms with E-state index in [1.165, 1.54) is 0 Å². The van der Waals surface area contributed by atoms with Crippen LogP contribution < -0.4 is 5.32 Å². The standard InChI is InChI=1S/C16H19Cl2N3/c1-4-7-19-15-9-14(10(2)3)20-16(21-15)12-6-5-11(17)8-13(12)18/h5-6,8-10H,4,7H2,1-3H3,(H,19,20,21). The molecule has 0 radical (unpaired) electrons. The lowest BCUT2D eigenvalue weighted by Crippen LogP contribution is -2.06. The van der Waals surface area contributed by atoms with Crippen molar-refractivity contribution in [3.8, 4) is 11.4 Å². The van der Waals surface area contributed by atoms with Gasteiger partial charge in [0, 0.05) is 28.9 Å². The van der Waals surface area contributed by atoms with Gasteiger partial charge in [-0.1, -0.05) is 44.0 Å². The first-order valence-corrected chi connectivity index (χ1v) is 7.85. The third-order valence-corrected chi connectivity index (χ3v) is 3.61. The molecule has 0 aliphatic heterocycles. The lowest BCUT2D eigenvalue weighted by Gasteiger charge is -2.12. The van der Waals surface area contributed by atoms with E-state index in [9.17, 15) is 0 Å². The summed E-state index contributed by atoms with van der Waals surface area (Å²) < 4.78 is 0. The molecule has 0 aliphatic rings. The van der Waals surface area contributed by atoms with Gasteiger partial charge in [0.2, 0.25) is 0 Å². The average molecular weight is 324 g/mol. The molecule has 0 fully saturated rings. The largest absolute Gasteiger partial charge is 0.370 e. The Kier molecular flexibility index (Phi) is 5.43. The molecular formula is C16H19Cl2N3. The average Bonchev–Trinajstić information content (AvgIpc) is 2.44. The van der Waals surface area contributed by atoms with Gasteiger partial charge in [-0.3, -0.25) is 0 Å². The van der Waals surface area contributed by atoms with Gasteiger partial charge in [0.15, 0.2) is 5.82 Å². The molecule has 1 heterocycles. The number of rotatable bonds is 5. The van der Waals surface area contributed by atoms with Gasteiger partial charge in [-0.05, 0) is 30.5 Å². The summed E-state index contributed by atoms with van der Waals surface area (Å²) in [5.74, 6) is 1.78. The van der Waals surface area contributed by atoms with Crippen LogP contribution in [-0.4, -0.2) is 16.5 Å². The lowest BCUT2D eigenvalue weighted by atomic mass is 10.1. The molecule has 21 heavy (non-hydrogen) atoms. The fraction of sp³-hybridized carbons (Fsp3) is 0.375. The van der Waals surface area contributed by atoms with Crippen LogP contribution in [0.15, 0.2) is 24.3 Å². The summed E-state index contributed by atoms with van der Waals surface area (Å²) in [6.07, 6.45) is 1.04. The Bertz CT molecular complexity index is 627. The summed E-state index contributed by atoms with van der Waals surface area (Å²) in [5.41, 5.74) is 1.78. The molecule has 0 unspecified atom stereocenters. The molecule has 1 N–H and O–H groups in total. The molecule has 0 amide bonds. The third kappa shape index (κ3) is 4.08. The monoisotopic (exact) mass is 323 g/mol. The number of halogens is 2. The van der Waals surface area contributed by atoms with Crippen LogP contribution in [0.1, 0.15) is 38.8 Å². The minimum atomic E-state index is 0.319. The molecule has 5 heteroatoms. The molecule has 1 aromatic carbocycles. The van der Waals surface area contributed by atoms with E-state index in [0.29, 0.717) is 21.8 Å². The van der Waals surface area contributed by atoms with Crippen LogP contribution in [0.3, 0.4) is 0 Å². The molecule has 2 aromatic rings. The molecule has 0 atom stereocenters. The number of nitrogens with zero attached hydrogens (tertiary/aromatic N) is 2. The minimum absolute atomic E-state index is 0.319. The minimum Gasteiger partial charge on any atom is -0.370 e. The predicted molar refractivity (Wildman–Crippen MR) is 90.4 cm³/mol. The van der Waals surface area contributed by atoms with Crippen molar-refractivity contribution in [2.75, 3.05) is 11.9 Å². The van der Waals surface area contributed by atoms with Crippen LogP contribution in [0.2, 0.25) is 10.0 Å². The van der Waals surface area contributed by atoms with Crippen molar-refractivity contribution in [1.82, 2.24) is 9.97 Å². The molecule has 112 valence electrons. The number of benzene rings is 1. The SMILES string of the molecule is CCCNc1cc(C(C)C)nc(-c2ccc(Cl)cc2Cl)n1. The van der Waals surface area contributed by atoms with Gasteiger partial charge >= 0.3 is 0 Å². The van der Waals surface area contributed by atoms with Crippen LogP contribution in [0.4, 0.5) is 5.82 Å². The van der Waals surface area contributed by atoms with E-state index in [0.717, 1.165) is 30.0 Å². The van der Waals surface area contributed by atoms with Crippen LogP contribution in [-0.2, 0) is 0 Å². The zero-order chi connectivity index (χ0) is 15.4. The summed E-state index contributed by atoms with van der Waals surface area (Å²) in [6.45, 7) is 7.22. The van der Waals surface area contributed by atoms with Gasteiger partial charge in [0.05, 0.1) is 5.02 Å². The number of anilines is 1. The maximum absolute atomic E-state index is 6.27.